The molecule has 0 aliphatic rings. The van der Waals surface area contributed by atoms with Gasteiger partial charge in [-0.1, -0.05) is 0 Å². The molecule has 0 heterocycles. The molecule has 0 aromatic carbocycles. The van der Waals surface area contributed by atoms with Crippen LogP contribution >= 0.6 is 0 Å². The summed E-state index contributed by atoms with van der Waals surface area (Å²) in [5.74, 6) is 4.83. The smallest absolute Gasteiger partial charge is 0.248 e. The fourth-order valence-corrected chi connectivity index (χ4v) is 1.17. The van der Waals surface area contributed by atoms with Gasteiger partial charge >= 0.3 is 0 Å². The number of nitrogens with two attached hydrogens (primary N) is 1. The van der Waals surface area contributed by atoms with Crippen molar-refractivity contribution < 1.29 is 14.3 Å². The van der Waals surface area contributed by atoms with Crippen LogP contribution in [0.1, 0.15) is 6.42 Å². The summed E-state index contributed by atoms with van der Waals surface area (Å²) >= 11 is 0. The number of nitrogens with zero attached hydrogens (tertiary/aromatic N) is 1. The summed E-state index contributed by atoms with van der Waals surface area (Å²) in [6, 6.07) is 0. The van der Waals surface area contributed by atoms with Gasteiger partial charge in [0.2, 0.25) is 5.91 Å². The van der Waals surface area contributed by atoms with Crippen LogP contribution in [0.4, 0.5) is 0 Å². The molecular formula is C9H21N3O3. The van der Waals surface area contributed by atoms with Gasteiger partial charge < -0.3 is 9.47 Å². The lowest BCUT2D eigenvalue weighted by molar-refractivity contribution is -0.122. The number of ether oxygens (including phenoxy) is 2. The number of hydrogen-bond acceptors (Lipinski definition) is 5. The van der Waals surface area contributed by atoms with Crippen molar-refractivity contribution in [2.75, 3.05) is 47.1 Å². The molecule has 0 aliphatic carbocycles. The van der Waals surface area contributed by atoms with E-state index in [9.17, 15) is 4.79 Å². The quantitative estimate of drug-likeness (QED) is 0.224. The zero-order valence-electron chi connectivity index (χ0n) is 9.49. The molecule has 0 aromatic heterocycles. The van der Waals surface area contributed by atoms with Crippen LogP contribution in [0.5, 0.6) is 0 Å². The largest absolute Gasteiger partial charge is 0.385 e. The van der Waals surface area contributed by atoms with Gasteiger partial charge in [-0.2, -0.15) is 0 Å². The SMILES string of the molecule is COCCCN(CCOC)CC(=O)NN. The van der Waals surface area contributed by atoms with Gasteiger partial charge in [0.15, 0.2) is 0 Å². The number of hydrazine groups is 1. The second-order valence-corrected chi connectivity index (χ2v) is 3.18. The molecule has 0 aliphatic heterocycles. The topological polar surface area (TPSA) is 76.8 Å². The van der Waals surface area contributed by atoms with Crippen molar-refractivity contribution in [3.05, 3.63) is 0 Å². The van der Waals surface area contributed by atoms with Crippen LogP contribution in [-0.2, 0) is 14.3 Å². The van der Waals surface area contributed by atoms with Crippen molar-refractivity contribution in [2.24, 2.45) is 5.84 Å². The standard InChI is InChI=1S/C9H21N3O3/c1-14-6-3-4-12(5-7-15-2)8-9(13)11-10/h3-8,10H2,1-2H3,(H,11,13). The van der Waals surface area contributed by atoms with E-state index in [2.05, 4.69) is 5.43 Å². The summed E-state index contributed by atoms with van der Waals surface area (Å²) in [7, 11) is 3.29. The molecule has 0 rings (SSSR count). The first-order valence-corrected chi connectivity index (χ1v) is 4.94. The molecule has 0 atom stereocenters. The van der Waals surface area contributed by atoms with Crippen molar-refractivity contribution in [3.63, 3.8) is 0 Å². The van der Waals surface area contributed by atoms with E-state index < -0.39 is 0 Å². The van der Waals surface area contributed by atoms with E-state index in [-0.39, 0.29) is 5.91 Å². The first-order chi connectivity index (χ1) is 7.24. The molecular weight excluding hydrogens is 198 g/mol. The molecule has 90 valence electrons. The Morgan fingerprint density at radius 3 is 2.47 bits per heavy atom. The molecule has 15 heavy (non-hydrogen) atoms. The Kier molecular flexibility index (Phi) is 9.40. The van der Waals surface area contributed by atoms with Crippen LogP contribution in [0, 0.1) is 0 Å². The summed E-state index contributed by atoms with van der Waals surface area (Å²) in [6.45, 7) is 3.10. The number of methoxy groups -OCH3 is 2. The van der Waals surface area contributed by atoms with Gasteiger partial charge in [0, 0.05) is 33.9 Å². The Bertz CT molecular complexity index is 167. The number of carbonyl (C=O) groups excluding carboxylic acids is 1. The van der Waals surface area contributed by atoms with Crippen molar-refractivity contribution in [3.8, 4) is 0 Å². The first-order valence-electron chi connectivity index (χ1n) is 4.94. The lowest BCUT2D eigenvalue weighted by Gasteiger charge is -2.20. The Balaban J connectivity index is 3.77. The van der Waals surface area contributed by atoms with Crippen LogP contribution in [0.2, 0.25) is 0 Å². The number of hydrogen-bond donors (Lipinski definition) is 2. The predicted molar refractivity (Wildman–Crippen MR) is 57.1 cm³/mol. The fraction of sp³-hybridized carbons (Fsp3) is 0.889. The van der Waals surface area contributed by atoms with Crippen LogP contribution in [0.25, 0.3) is 0 Å². The maximum Gasteiger partial charge on any atom is 0.248 e. The number of amides is 1. The lowest BCUT2D eigenvalue weighted by atomic mass is 10.3. The Morgan fingerprint density at radius 1 is 1.27 bits per heavy atom. The molecule has 3 N–H and O–H groups in total. The molecule has 1 amide bonds. The molecule has 0 radical (unpaired) electrons. The highest BCUT2D eigenvalue weighted by Crippen LogP contribution is 1.92. The van der Waals surface area contributed by atoms with E-state index in [4.69, 9.17) is 15.3 Å². The fourth-order valence-electron chi connectivity index (χ4n) is 1.17. The van der Waals surface area contributed by atoms with Gasteiger partial charge in [0.05, 0.1) is 13.2 Å². The molecule has 0 saturated heterocycles. The molecule has 0 aromatic rings. The van der Waals surface area contributed by atoms with Crippen molar-refractivity contribution >= 4 is 5.91 Å². The summed E-state index contributed by atoms with van der Waals surface area (Å²) in [6.07, 6.45) is 0.887. The summed E-state index contributed by atoms with van der Waals surface area (Å²) < 4.78 is 9.90. The molecule has 6 heteroatoms. The zero-order valence-corrected chi connectivity index (χ0v) is 9.49. The summed E-state index contributed by atoms with van der Waals surface area (Å²) in [5, 5.41) is 0. The molecule has 6 nitrogen and oxygen atoms in total. The van der Waals surface area contributed by atoms with E-state index in [0.717, 1.165) is 13.0 Å². The van der Waals surface area contributed by atoms with E-state index in [0.29, 0.717) is 26.3 Å². The molecule has 0 saturated carbocycles. The van der Waals surface area contributed by atoms with Crippen molar-refractivity contribution in [1.82, 2.24) is 10.3 Å². The van der Waals surface area contributed by atoms with Gasteiger partial charge in [0.1, 0.15) is 0 Å². The van der Waals surface area contributed by atoms with E-state index in [1.165, 1.54) is 0 Å². The van der Waals surface area contributed by atoms with Gasteiger partial charge in [-0.3, -0.25) is 15.1 Å². The normalized spacial score (nSPS) is 10.7. The highest BCUT2D eigenvalue weighted by molar-refractivity contribution is 5.77. The Morgan fingerprint density at radius 2 is 1.93 bits per heavy atom. The number of rotatable bonds is 9. The Hall–Kier alpha value is -0.690. The van der Waals surface area contributed by atoms with E-state index in [1.807, 2.05) is 4.90 Å². The van der Waals surface area contributed by atoms with Gasteiger partial charge in [-0.05, 0) is 6.42 Å². The molecule has 0 bridgehead atoms. The minimum Gasteiger partial charge on any atom is -0.385 e. The number of carbonyl (C=O) groups is 1. The Labute approximate surface area is 90.7 Å². The van der Waals surface area contributed by atoms with Crippen LogP contribution in [-0.4, -0.2) is 57.9 Å². The van der Waals surface area contributed by atoms with Crippen molar-refractivity contribution in [1.29, 1.82) is 0 Å². The minimum atomic E-state index is -0.191. The number of nitrogens with one attached hydrogen (secondary N) is 1. The average molecular weight is 219 g/mol. The maximum absolute atomic E-state index is 11.1. The third-order valence-electron chi connectivity index (χ3n) is 1.96. The summed E-state index contributed by atoms with van der Waals surface area (Å²) in [4.78, 5) is 13.0. The van der Waals surface area contributed by atoms with E-state index >= 15 is 0 Å². The van der Waals surface area contributed by atoms with E-state index in [1.54, 1.807) is 14.2 Å². The predicted octanol–water partition coefficient (Wildman–Crippen LogP) is -1.04. The van der Waals surface area contributed by atoms with Crippen LogP contribution in [0.15, 0.2) is 0 Å². The molecule has 0 fully saturated rings. The van der Waals surface area contributed by atoms with Gasteiger partial charge in [-0.25, -0.2) is 5.84 Å². The second-order valence-electron chi connectivity index (χ2n) is 3.18. The third kappa shape index (κ3) is 8.31. The highest BCUT2D eigenvalue weighted by atomic mass is 16.5. The van der Waals surface area contributed by atoms with Gasteiger partial charge in [0.25, 0.3) is 0 Å². The summed E-state index contributed by atoms with van der Waals surface area (Å²) in [5.41, 5.74) is 2.11. The third-order valence-corrected chi connectivity index (χ3v) is 1.96. The van der Waals surface area contributed by atoms with Crippen molar-refractivity contribution in [2.45, 2.75) is 6.42 Å². The minimum absolute atomic E-state index is 0.191. The highest BCUT2D eigenvalue weighted by Gasteiger charge is 2.08. The van der Waals surface area contributed by atoms with Gasteiger partial charge in [-0.15, -0.1) is 0 Å². The maximum atomic E-state index is 11.1. The first kappa shape index (κ1) is 14.3. The van der Waals surface area contributed by atoms with Crippen LogP contribution in [0.3, 0.4) is 0 Å². The van der Waals surface area contributed by atoms with Crippen LogP contribution < -0.4 is 11.3 Å². The molecule has 0 spiro atoms. The second kappa shape index (κ2) is 9.85. The molecule has 0 unspecified atom stereocenters. The monoisotopic (exact) mass is 219 g/mol. The zero-order chi connectivity index (χ0) is 11.5. The lowest BCUT2D eigenvalue weighted by Crippen LogP contribution is -2.42. The average Bonchev–Trinajstić information content (AvgIpc) is 2.25.